The summed E-state index contributed by atoms with van der Waals surface area (Å²) in [5.41, 5.74) is 1.75. The summed E-state index contributed by atoms with van der Waals surface area (Å²) >= 11 is 0. The van der Waals surface area contributed by atoms with Gasteiger partial charge >= 0.3 is 0 Å². The molecular formula is C20H27N3O. The number of aromatic nitrogens is 1. The lowest BCUT2D eigenvalue weighted by molar-refractivity contribution is 0.0925. The molecule has 0 aliphatic carbocycles. The van der Waals surface area contributed by atoms with Crippen molar-refractivity contribution in [1.82, 2.24) is 10.3 Å². The van der Waals surface area contributed by atoms with E-state index in [1.807, 2.05) is 36.4 Å². The Balaban J connectivity index is 1.98. The van der Waals surface area contributed by atoms with E-state index in [1.54, 1.807) is 12.3 Å². The summed E-state index contributed by atoms with van der Waals surface area (Å²) in [5, 5.41) is 6.32. The number of anilines is 2. The maximum atomic E-state index is 12.4. The minimum atomic E-state index is -0.0649. The molecule has 1 aromatic carbocycles. The van der Waals surface area contributed by atoms with Gasteiger partial charge in [-0.3, -0.25) is 4.79 Å². The van der Waals surface area contributed by atoms with Gasteiger partial charge in [0.2, 0.25) is 0 Å². The van der Waals surface area contributed by atoms with E-state index in [2.05, 4.69) is 43.3 Å². The normalized spacial score (nSPS) is 12.5. The van der Waals surface area contributed by atoms with Gasteiger partial charge in [-0.05, 0) is 42.5 Å². The van der Waals surface area contributed by atoms with Gasteiger partial charge in [-0.25, -0.2) is 4.98 Å². The monoisotopic (exact) mass is 325 g/mol. The number of amides is 1. The van der Waals surface area contributed by atoms with Crippen LogP contribution >= 0.6 is 0 Å². The standard InChI is InChI=1S/C20H27N3O/c1-5-16(13-20(2,3)4)23-19(24)15-11-12-18(21-14-15)22-17-9-7-6-8-10-17/h6-12,14,16H,5,13H2,1-4H3,(H,21,22)(H,23,24). The summed E-state index contributed by atoms with van der Waals surface area (Å²) in [6.45, 7) is 8.66. The molecule has 0 spiro atoms. The Labute approximate surface area is 144 Å². The van der Waals surface area contributed by atoms with E-state index in [0.29, 0.717) is 5.56 Å². The van der Waals surface area contributed by atoms with E-state index in [-0.39, 0.29) is 17.4 Å². The highest BCUT2D eigenvalue weighted by molar-refractivity contribution is 5.94. The average Bonchev–Trinajstić information content (AvgIpc) is 2.54. The molecule has 1 unspecified atom stereocenters. The van der Waals surface area contributed by atoms with E-state index < -0.39 is 0 Å². The molecular weight excluding hydrogens is 298 g/mol. The van der Waals surface area contributed by atoms with Gasteiger partial charge in [-0.2, -0.15) is 0 Å². The molecule has 2 aromatic rings. The third-order valence-electron chi connectivity index (χ3n) is 3.76. The third-order valence-corrected chi connectivity index (χ3v) is 3.76. The van der Waals surface area contributed by atoms with E-state index in [9.17, 15) is 4.79 Å². The topological polar surface area (TPSA) is 54.0 Å². The van der Waals surface area contributed by atoms with Crippen LogP contribution in [0.3, 0.4) is 0 Å². The Kier molecular flexibility index (Phi) is 5.96. The van der Waals surface area contributed by atoms with Crippen molar-refractivity contribution in [2.45, 2.75) is 46.6 Å². The van der Waals surface area contributed by atoms with E-state index in [0.717, 1.165) is 24.3 Å². The maximum Gasteiger partial charge on any atom is 0.253 e. The van der Waals surface area contributed by atoms with Crippen LogP contribution < -0.4 is 10.6 Å². The molecule has 0 aliphatic rings. The number of rotatable bonds is 6. The first-order chi connectivity index (χ1) is 11.4. The van der Waals surface area contributed by atoms with Crippen LogP contribution in [0.25, 0.3) is 0 Å². The second-order valence-corrected chi connectivity index (χ2v) is 7.27. The minimum Gasteiger partial charge on any atom is -0.349 e. The van der Waals surface area contributed by atoms with Gasteiger partial charge in [-0.1, -0.05) is 45.9 Å². The first-order valence-corrected chi connectivity index (χ1v) is 8.46. The number of para-hydroxylation sites is 1. The van der Waals surface area contributed by atoms with Crippen LogP contribution in [0.2, 0.25) is 0 Å². The molecule has 1 atom stereocenters. The molecule has 0 radical (unpaired) electrons. The van der Waals surface area contributed by atoms with Crippen molar-refractivity contribution in [2.24, 2.45) is 5.41 Å². The Hall–Kier alpha value is -2.36. The van der Waals surface area contributed by atoms with Crippen molar-refractivity contribution < 1.29 is 4.79 Å². The zero-order valence-electron chi connectivity index (χ0n) is 15.0. The Morgan fingerprint density at radius 2 is 1.83 bits per heavy atom. The molecule has 2 N–H and O–H groups in total. The molecule has 4 heteroatoms. The quantitative estimate of drug-likeness (QED) is 0.804. The number of nitrogens with zero attached hydrogens (tertiary/aromatic N) is 1. The number of carbonyl (C=O) groups excluding carboxylic acids is 1. The first-order valence-electron chi connectivity index (χ1n) is 8.46. The van der Waals surface area contributed by atoms with Gasteiger partial charge in [0.25, 0.3) is 5.91 Å². The second-order valence-electron chi connectivity index (χ2n) is 7.27. The smallest absolute Gasteiger partial charge is 0.253 e. The molecule has 1 amide bonds. The maximum absolute atomic E-state index is 12.4. The van der Waals surface area contributed by atoms with Crippen LogP contribution in [0.4, 0.5) is 11.5 Å². The fourth-order valence-corrected chi connectivity index (χ4v) is 2.58. The van der Waals surface area contributed by atoms with Crippen molar-refractivity contribution in [1.29, 1.82) is 0 Å². The van der Waals surface area contributed by atoms with Crippen molar-refractivity contribution in [3.8, 4) is 0 Å². The minimum absolute atomic E-state index is 0.0649. The lowest BCUT2D eigenvalue weighted by atomic mass is 9.87. The molecule has 2 rings (SSSR count). The van der Waals surface area contributed by atoms with Gasteiger partial charge in [-0.15, -0.1) is 0 Å². The molecule has 0 aliphatic heterocycles. The zero-order valence-corrected chi connectivity index (χ0v) is 15.0. The van der Waals surface area contributed by atoms with Crippen molar-refractivity contribution in [3.05, 3.63) is 54.2 Å². The molecule has 0 bridgehead atoms. The number of hydrogen-bond donors (Lipinski definition) is 2. The van der Waals surface area contributed by atoms with E-state index in [1.165, 1.54) is 0 Å². The first kappa shape index (κ1) is 18.0. The van der Waals surface area contributed by atoms with Crippen molar-refractivity contribution in [2.75, 3.05) is 5.32 Å². The van der Waals surface area contributed by atoms with Gasteiger partial charge in [0.15, 0.2) is 0 Å². The summed E-state index contributed by atoms with van der Waals surface area (Å²) in [7, 11) is 0. The second kappa shape index (κ2) is 7.95. The Morgan fingerprint density at radius 1 is 1.12 bits per heavy atom. The van der Waals surface area contributed by atoms with Gasteiger partial charge in [0.1, 0.15) is 5.82 Å². The number of nitrogens with one attached hydrogen (secondary N) is 2. The van der Waals surface area contributed by atoms with Crippen LogP contribution in [0.15, 0.2) is 48.7 Å². The predicted octanol–water partition coefficient (Wildman–Crippen LogP) is 4.77. The number of carbonyl (C=O) groups is 1. The van der Waals surface area contributed by atoms with Crippen LogP contribution in [0.1, 0.15) is 50.9 Å². The third kappa shape index (κ3) is 5.69. The molecule has 1 heterocycles. The van der Waals surface area contributed by atoms with Crippen molar-refractivity contribution >= 4 is 17.4 Å². The lowest BCUT2D eigenvalue weighted by Gasteiger charge is -2.26. The highest BCUT2D eigenvalue weighted by Gasteiger charge is 2.19. The summed E-state index contributed by atoms with van der Waals surface area (Å²) in [4.78, 5) is 16.7. The van der Waals surface area contributed by atoms with Crippen molar-refractivity contribution in [3.63, 3.8) is 0 Å². The molecule has 24 heavy (non-hydrogen) atoms. The lowest BCUT2D eigenvalue weighted by Crippen LogP contribution is -2.37. The predicted molar refractivity (Wildman–Crippen MR) is 99.6 cm³/mol. The van der Waals surface area contributed by atoms with E-state index in [4.69, 9.17) is 0 Å². The molecule has 128 valence electrons. The highest BCUT2D eigenvalue weighted by atomic mass is 16.1. The molecule has 0 fully saturated rings. The van der Waals surface area contributed by atoms with E-state index >= 15 is 0 Å². The number of hydrogen-bond acceptors (Lipinski definition) is 3. The highest BCUT2D eigenvalue weighted by Crippen LogP contribution is 2.22. The summed E-state index contributed by atoms with van der Waals surface area (Å²) in [5.74, 6) is 0.657. The fourth-order valence-electron chi connectivity index (χ4n) is 2.58. The van der Waals surface area contributed by atoms with Crippen LogP contribution in [-0.4, -0.2) is 16.9 Å². The fraction of sp³-hybridized carbons (Fsp3) is 0.400. The zero-order chi connectivity index (χ0) is 17.6. The number of pyridine rings is 1. The molecule has 0 saturated heterocycles. The van der Waals surface area contributed by atoms with Crippen LogP contribution in [-0.2, 0) is 0 Å². The van der Waals surface area contributed by atoms with Gasteiger partial charge < -0.3 is 10.6 Å². The van der Waals surface area contributed by atoms with Crippen LogP contribution in [0, 0.1) is 5.41 Å². The molecule has 4 nitrogen and oxygen atoms in total. The van der Waals surface area contributed by atoms with Crippen LogP contribution in [0.5, 0.6) is 0 Å². The molecule has 0 saturated carbocycles. The average molecular weight is 325 g/mol. The number of benzene rings is 1. The summed E-state index contributed by atoms with van der Waals surface area (Å²) < 4.78 is 0. The molecule has 1 aromatic heterocycles. The van der Waals surface area contributed by atoms with Gasteiger partial charge in [0.05, 0.1) is 5.56 Å². The summed E-state index contributed by atoms with van der Waals surface area (Å²) in [6.07, 6.45) is 3.49. The Morgan fingerprint density at radius 3 is 2.38 bits per heavy atom. The largest absolute Gasteiger partial charge is 0.349 e. The Bertz CT molecular complexity index is 645. The summed E-state index contributed by atoms with van der Waals surface area (Å²) in [6, 6.07) is 13.6. The SMILES string of the molecule is CCC(CC(C)(C)C)NC(=O)c1ccc(Nc2ccccc2)nc1. The van der Waals surface area contributed by atoms with Gasteiger partial charge in [0, 0.05) is 17.9 Å².